The summed E-state index contributed by atoms with van der Waals surface area (Å²) in [6.45, 7) is 8.47. The Bertz CT molecular complexity index is 2930. The molecular weight excluding hydrogens is 625 g/mol. The van der Waals surface area contributed by atoms with Gasteiger partial charge in [0.15, 0.2) is 16.6 Å². The fourth-order valence-electron chi connectivity index (χ4n) is 8.30. The van der Waals surface area contributed by atoms with E-state index in [1.165, 1.54) is 22.3 Å². The summed E-state index contributed by atoms with van der Waals surface area (Å²) in [4.78, 5) is 4.98. The molecule has 0 aliphatic rings. The van der Waals surface area contributed by atoms with Crippen LogP contribution in [0, 0.1) is 13.8 Å². The van der Waals surface area contributed by atoms with E-state index < -0.39 is 6.85 Å². The van der Waals surface area contributed by atoms with Crippen LogP contribution in [0.4, 0.5) is 0 Å². The summed E-state index contributed by atoms with van der Waals surface area (Å²) in [6, 6.07) is 36.2. The summed E-state index contributed by atoms with van der Waals surface area (Å²) in [7, 11) is 4.14. The van der Waals surface area contributed by atoms with Crippen molar-refractivity contribution in [1.29, 1.82) is 0 Å². The summed E-state index contributed by atoms with van der Waals surface area (Å²) in [5.41, 5.74) is 12.8. The molecule has 5 heteroatoms. The molecule has 4 aromatic heterocycles. The Morgan fingerprint density at radius 3 is 2.08 bits per heavy atom. The van der Waals surface area contributed by atoms with Crippen LogP contribution in [0.3, 0.4) is 0 Å². The predicted molar refractivity (Wildman–Crippen MR) is 212 cm³/mol. The van der Waals surface area contributed by atoms with Crippen LogP contribution in [0.25, 0.3) is 83.0 Å². The zero-order valence-electron chi connectivity index (χ0n) is 33.2. The van der Waals surface area contributed by atoms with Gasteiger partial charge in [-0.15, -0.1) is 0 Å². The lowest BCUT2D eigenvalue weighted by atomic mass is 9.88. The highest BCUT2D eigenvalue weighted by molar-refractivity contribution is 6.18. The number of pyridine rings is 1. The van der Waals surface area contributed by atoms with Crippen LogP contribution in [0.1, 0.15) is 66.2 Å². The molecule has 252 valence electrons. The Kier molecular flexibility index (Phi) is 6.29. The van der Waals surface area contributed by atoms with Gasteiger partial charge in [0, 0.05) is 55.2 Å². The first kappa shape index (κ1) is 28.1. The summed E-state index contributed by atoms with van der Waals surface area (Å²) in [5.74, 6) is 1.28. The Balaban J connectivity index is 1.45. The van der Waals surface area contributed by atoms with Crippen molar-refractivity contribution in [2.45, 2.75) is 53.3 Å². The zero-order chi connectivity index (χ0) is 37.8. The molecule has 5 aromatic carbocycles. The average molecular weight is 671 g/mol. The lowest BCUT2D eigenvalue weighted by Crippen LogP contribution is -2.31. The molecular formula is C46H43N4O+. The van der Waals surface area contributed by atoms with Crippen LogP contribution in [-0.2, 0) is 14.1 Å². The SMILES string of the molecule is [2H]C([2H])([2H])c1nc(C)c(-c2n(-c3c(C(C)C)cc(-c4ccccc4)cc3C(C)C)c3ccccc3[n+]2C)c2oc3cc4c5ccccc5n(C)c4cc3c12. The summed E-state index contributed by atoms with van der Waals surface area (Å²) >= 11 is 0. The second-order valence-electron chi connectivity index (χ2n) is 14.6. The number of aryl methyl sites for hydroxylation is 4. The minimum absolute atomic E-state index is 0.0545. The van der Waals surface area contributed by atoms with Gasteiger partial charge in [-0.1, -0.05) is 88.4 Å². The molecule has 0 saturated heterocycles. The van der Waals surface area contributed by atoms with Gasteiger partial charge in [-0.25, -0.2) is 4.57 Å². The van der Waals surface area contributed by atoms with Crippen LogP contribution >= 0.6 is 0 Å². The molecule has 5 nitrogen and oxygen atoms in total. The minimum atomic E-state index is -2.47. The molecule has 0 aliphatic carbocycles. The van der Waals surface area contributed by atoms with Crippen molar-refractivity contribution in [3.63, 3.8) is 0 Å². The predicted octanol–water partition coefficient (Wildman–Crippen LogP) is 11.6. The van der Waals surface area contributed by atoms with Gasteiger partial charge in [0.05, 0.1) is 18.1 Å². The van der Waals surface area contributed by atoms with Crippen molar-refractivity contribution in [3.8, 4) is 28.2 Å². The molecule has 0 aliphatic heterocycles. The number of imidazole rings is 1. The highest BCUT2D eigenvalue weighted by Crippen LogP contribution is 2.44. The topological polar surface area (TPSA) is 39.8 Å². The monoisotopic (exact) mass is 670 g/mol. The molecule has 4 heterocycles. The molecule has 0 unspecified atom stereocenters. The van der Waals surface area contributed by atoms with Crippen LogP contribution in [0.5, 0.6) is 0 Å². The standard InChI is InChI=1S/C46H43N4O/c1-26(2)33-22-31(30-16-10-9-11-17-30)23-34(27(3)4)44(33)50-39-21-15-14-20-38(39)49(8)46(50)43-29(6)47-28(5)42-36-24-40-35(25-41(36)51-45(42)43)32-18-12-13-19-37(32)48(40)7/h9-27H,1-8H3/q+1/i5D3. The maximum atomic E-state index is 8.70. The van der Waals surface area contributed by atoms with E-state index >= 15 is 0 Å². The average Bonchev–Trinajstić information content (AvgIpc) is 3.76. The molecule has 0 radical (unpaired) electrons. The highest BCUT2D eigenvalue weighted by Gasteiger charge is 2.35. The lowest BCUT2D eigenvalue weighted by molar-refractivity contribution is -0.633. The Morgan fingerprint density at radius 1 is 0.706 bits per heavy atom. The Morgan fingerprint density at radius 2 is 1.37 bits per heavy atom. The van der Waals surface area contributed by atoms with Crippen molar-refractivity contribution in [2.24, 2.45) is 14.1 Å². The van der Waals surface area contributed by atoms with Gasteiger partial charge in [-0.2, -0.15) is 4.57 Å². The van der Waals surface area contributed by atoms with Crippen LogP contribution in [-0.4, -0.2) is 14.1 Å². The minimum Gasteiger partial charge on any atom is -0.455 e. The highest BCUT2D eigenvalue weighted by atomic mass is 16.3. The van der Waals surface area contributed by atoms with E-state index in [0.29, 0.717) is 22.2 Å². The second kappa shape index (κ2) is 11.4. The normalized spacial score (nSPS) is 13.4. The molecule has 0 amide bonds. The molecule has 51 heavy (non-hydrogen) atoms. The molecule has 0 fully saturated rings. The Hall–Kier alpha value is -5.68. The van der Waals surface area contributed by atoms with Crippen LogP contribution < -0.4 is 4.57 Å². The third kappa shape index (κ3) is 4.53. The van der Waals surface area contributed by atoms with Gasteiger partial charge in [0.2, 0.25) is 0 Å². The third-order valence-corrected chi connectivity index (χ3v) is 10.8. The fourth-order valence-corrected chi connectivity index (χ4v) is 8.30. The number of hydrogen-bond donors (Lipinski definition) is 0. The summed E-state index contributed by atoms with van der Waals surface area (Å²) in [6.07, 6.45) is 0. The number of furan rings is 1. The Labute approximate surface area is 302 Å². The van der Waals surface area contributed by atoms with Crippen molar-refractivity contribution in [1.82, 2.24) is 14.1 Å². The van der Waals surface area contributed by atoms with Crippen molar-refractivity contribution in [3.05, 3.63) is 126 Å². The molecule has 0 bridgehead atoms. The van der Waals surface area contributed by atoms with Crippen LogP contribution in [0.2, 0.25) is 0 Å². The number of benzene rings is 5. The number of nitrogens with zero attached hydrogens (tertiary/aromatic N) is 4. The van der Waals surface area contributed by atoms with Gasteiger partial charge in [0.1, 0.15) is 16.8 Å². The van der Waals surface area contributed by atoms with E-state index in [-0.39, 0.29) is 17.5 Å². The smallest absolute Gasteiger partial charge is 0.300 e. The number of hydrogen-bond acceptors (Lipinski definition) is 2. The summed E-state index contributed by atoms with van der Waals surface area (Å²) in [5, 5.41) is 3.45. The first-order chi connectivity index (χ1) is 25.8. The zero-order valence-corrected chi connectivity index (χ0v) is 30.2. The molecule has 9 aromatic rings. The molecule has 0 spiro atoms. The van der Waals surface area contributed by atoms with E-state index in [2.05, 4.69) is 146 Å². The molecule has 9 rings (SSSR count). The molecule has 0 N–H and O–H groups in total. The number of rotatable bonds is 5. The summed E-state index contributed by atoms with van der Waals surface area (Å²) < 4.78 is 39.8. The van der Waals surface area contributed by atoms with Crippen molar-refractivity contribution < 1.29 is 13.1 Å². The quantitative estimate of drug-likeness (QED) is 0.171. The van der Waals surface area contributed by atoms with Gasteiger partial charge in [-0.05, 0) is 79.2 Å². The molecule has 0 atom stereocenters. The van der Waals surface area contributed by atoms with Crippen molar-refractivity contribution >= 4 is 54.8 Å². The number of fused-ring (bicyclic) bond motifs is 7. The van der Waals surface area contributed by atoms with Gasteiger partial charge >= 0.3 is 5.82 Å². The van der Waals surface area contributed by atoms with Crippen LogP contribution in [0.15, 0.2) is 108 Å². The van der Waals surface area contributed by atoms with Crippen molar-refractivity contribution in [2.75, 3.05) is 0 Å². The lowest BCUT2D eigenvalue weighted by Gasteiger charge is -2.21. The van der Waals surface area contributed by atoms with E-state index in [4.69, 9.17) is 13.5 Å². The first-order valence-electron chi connectivity index (χ1n) is 19.3. The molecule has 0 saturated carbocycles. The van der Waals surface area contributed by atoms with Gasteiger partial charge in [0.25, 0.3) is 0 Å². The number of para-hydroxylation sites is 3. The largest absolute Gasteiger partial charge is 0.455 e. The van der Waals surface area contributed by atoms with Gasteiger partial charge in [-0.3, -0.25) is 4.98 Å². The fraction of sp³-hybridized carbons (Fsp3) is 0.217. The van der Waals surface area contributed by atoms with E-state index in [1.54, 1.807) is 0 Å². The third-order valence-electron chi connectivity index (χ3n) is 10.8. The maximum absolute atomic E-state index is 8.70. The second-order valence-corrected chi connectivity index (χ2v) is 14.6. The number of aromatic nitrogens is 4. The maximum Gasteiger partial charge on any atom is 0.300 e. The van der Waals surface area contributed by atoms with Gasteiger partial charge < -0.3 is 8.98 Å². The first-order valence-corrected chi connectivity index (χ1v) is 17.8. The van der Waals surface area contributed by atoms with E-state index in [0.717, 1.165) is 55.3 Å². The van der Waals surface area contributed by atoms with E-state index in [9.17, 15) is 0 Å². The van der Waals surface area contributed by atoms with E-state index in [1.807, 2.05) is 19.1 Å².